The Hall–Kier alpha value is -3.57. The van der Waals surface area contributed by atoms with Gasteiger partial charge in [-0.1, -0.05) is 24.3 Å². The van der Waals surface area contributed by atoms with E-state index in [-0.39, 0.29) is 17.2 Å². The molecule has 2 amide bonds. The molecule has 2 N–H and O–H groups in total. The van der Waals surface area contributed by atoms with E-state index >= 15 is 0 Å². The quantitative estimate of drug-likeness (QED) is 0.358. The topological polar surface area (TPSA) is 110 Å². The largest absolute Gasteiger partial charge is 0.509 e. The van der Waals surface area contributed by atoms with Gasteiger partial charge in [-0.3, -0.25) is 14.5 Å². The Morgan fingerprint density at radius 2 is 1.80 bits per heavy atom. The number of hydrogen-bond donors (Lipinski definition) is 2. The van der Waals surface area contributed by atoms with Gasteiger partial charge in [0, 0.05) is 0 Å². The number of H-pyrrole nitrogens is 1. The normalized spacial score (nSPS) is 15.1. The summed E-state index contributed by atoms with van der Waals surface area (Å²) in [6, 6.07) is 14.8. The molecule has 1 unspecified atom stereocenters. The standard InChI is InChI=1S/C22H18N4O3S/c1-30-11-10-18(26-21(28)13-6-2-3-7-14(13)22(26)29)19(27)15(12-23)20-24-16-8-4-5-9-17(16)25-20/h2-9,18,27H,10-11H2,1H3,(H,24,25)/b19-15-. The molecule has 0 aliphatic carbocycles. The van der Waals surface area contributed by atoms with Gasteiger partial charge in [-0.25, -0.2) is 4.98 Å². The first-order valence-corrected chi connectivity index (χ1v) is 10.7. The third-order valence-electron chi connectivity index (χ3n) is 5.04. The van der Waals surface area contributed by atoms with Crippen molar-refractivity contribution in [1.82, 2.24) is 14.9 Å². The molecule has 0 spiro atoms. The van der Waals surface area contributed by atoms with E-state index in [4.69, 9.17) is 0 Å². The number of benzene rings is 2. The summed E-state index contributed by atoms with van der Waals surface area (Å²) in [6.07, 6.45) is 2.20. The van der Waals surface area contributed by atoms with Gasteiger partial charge in [-0.15, -0.1) is 0 Å². The highest BCUT2D eigenvalue weighted by Gasteiger charge is 2.42. The molecule has 2 aromatic carbocycles. The van der Waals surface area contributed by atoms with Crippen LogP contribution in [0, 0.1) is 11.3 Å². The minimum absolute atomic E-state index is 0.0890. The van der Waals surface area contributed by atoms with Crippen molar-refractivity contribution in [2.45, 2.75) is 12.5 Å². The second-order valence-corrected chi connectivity index (χ2v) is 7.78. The average molecular weight is 418 g/mol. The predicted molar refractivity (Wildman–Crippen MR) is 115 cm³/mol. The molecule has 1 aliphatic rings. The first kappa shape index (κ1) is 19.7. The van der Waals surface area contributed by atoms with Gasteiger partial charge in [0.2, 0.25) is 0 Å². The molecule has 0 bridgehead atoms. The van der Waals surface area contributed by atoms with Crippen LogP contribution in [0.15, 0.2) is 54.3 Å². The Labute approximate surface area is 177 Å². The molecule has 30 heavy (non-hydrogen) atoms. The number of nitrogens with zero attached hydrogens (tertiary/aromatic N) is 3. The summed E-state index contributed by atoms with van der Waals surface area (Å²) >= 11 is 1.52. The van der Waals surface area contributed by atoms with Gasteiger partial charge in [-0.05, 0) is 42.7 Å². The van der Waals surface area contributed by atoms with Gasteiger partial charge < -0.3 is 10.1 Å². The maximum Gasteiger partial charge on any atom is 0.262 e. The zero-order valence-electron chi connectivity index (χ0n) is 16.1. The van der Waals surface area contributed by atoms with Crippen LogP contribution in [-0.2, 0) is 0 Å². The summed E-state index contributed by atoms with van der Waals surface area (Å²) in [6.45, 7) is 0. The molecule has 0 saturated carbocycles. The number of aromatic nitrogens is 2. The van der Waals surface area contributed by atoms with Crippen LogP contribution in [0.25, 0.3) is 16.6 Å². The Kier molecular flexibility index (Phi) is 5.29. The van der Waals surface area contributed by atoms with Gasteiger partial charge in [0.05, 0.1) is 28.2 Å². The van der Waals surface area contributed by atoms with Crippen LogP contribution in [0.3, 0.4) is 0 Å². The first-order valence-electron chi connectivity index (χ1n) is 9.31. The first-order chi connectivity index (χ1) is 14.6. The van der Waals surface area contributed by atoms with E-state index in [2.05, 4.69) is 9.97 Å². The van der Waals surface area contributed by atoms with Crippen LogP contribution >= 0.6 is 11.8 Å². The molecule has 8 heteroatoms. The van der Waals surface area contributed by atoms with E-state index in [1.807, 2.05) is 30.5 Å². The number of fused-ring (bicyclic) bond motifs is 2. The van der Waals surface area contributed by atoms with E-state index in [0.717, 1.165) is 10.4 Å². The molecule has 7 nitrogen and oxygen atoms in total. The molecule has 150 valence electrons. The number of nitriles is 1. The summed E-state index contributed by atoms with van der Waals surface area (Å²) in [4.78, 5) is 34.4. The van der Waals surface area contributed by atoms with Crippen molar-refractivity contribution in [3.8, 4) is 6.07 Å². The highest BCUT2D eigenvalue weighted by atomic mass is 32.2. The van der Waals surface area contributed by atoms with Gasteiger partial charge in [0.1, 0.15) is 17.4 Å². The molecule has 4 rings (SSSR count). The molecule has 0 fully saturated rings. The van der Waals surface area contributed by atoms with Crippen molar-refractivity contribution in [3.63, 3.8) is 0 Å². The molecule has 3 aromatic rings. The number of para-hydroxylation sites is 2. The molecule has 0 radical (unpaired) electrons. The van der Waals surface area contributed by atoms with Crippen LogP contribution in [0.1, 0.15) is 33.0 Å². The zero-order chi connectivity index (χ0) is 21.3. The van der Waals surface area contributed by atoms with Crippen molar-refractivity contribution in [2.24, 2.45) is 0 Å². The van der Waals surface area contributed by atoms with E-state index in [0.29, 0.717) is 28.8 Å². The van der Waals surface area contributed by atoms with Crippen LogP contribution in [0.4, 0.5) is 0 Å². The van der Waals surface area contributed by atoms with E-state index < -0.39 is 17.9 Å². The molecule has 1 aliphatic heterocycles. The fourth-order valence-electron chi connectivity index (χ4n) is 3.58. The van der Waals surface area contributed by atoms with Gasteiger partial charge in [0.25, 0.3) is 11.8 Å². The third-order valence-corrected chi connectivity index (χ3v) is 5.69. The number of imide groups is 1. The van der Waals surface area contributed by atoms with Crippen LogP contribution in [0.5, 0.6) is 0 Å². The third kappa shape index (κ3) is 3.23. The summed E-state index contributed by atoms with van der Waals surface area (Å²) in [5.41, 5.74) is 1.87. The SMILES string of the molecule is CSCCC(/C(O)=C(\C#N)c1nc2ccccc2[nH]1)N1C(=O)c2ccccc2C1=O. The smallest absolute Gasteiger partial charge is 0.262 e. The number of carbonyl (C=O) groups is 2. The number of allylic oxidation sites excluding steroid dienone is 1. The fourth-order valence-corrected chi connectivity index (χ4v) is 4.04. The van der Waals surface area contributed by atoms with Crippen LogP contribution in [-0.4, -0.2) is 49.8 Å². The lowest BCUT2D eigenvalue weighted by Crippen LogP contribution is -2.42. The monoisotopic (exact) mass is 418 g/mol. The number of hydrogen-bond acceptors (Lipinski definition) is 6. The number of rotatable bonds is 6. The maximum absolute atomic E-state index is 13.0. The zero-order valence-corrected chi connectivity index (χ0v) is 16.9. The van der Waals surface area contributed by atoms with Crippen molar-refractivity contribution in [3.05, 3.63) is 71.2 Å². The van der Waals surface area contributed by atoms with Gasteiger partial charge in [-0.2, -0.15) is 17.0 Å². The van der Waals surface area contributed by atoms with Crippen LogP contribution < -0.4 is 0 Å². The maximum atomic E-state index is 13.0. The number of carbonyl (C=O) groups excluding carboxylic acids is 2. The van der Waals surface area contributed by atoms with Crippen molar-refractivity contribution >= 4 is 40.2 Å². The predicted octanol–water partition coefficient (Wildman–Crippen LogP) is 3.77. The highest BCUT2D eigenvalue weighted by molar-refractivity contribution is 7.98. The average Bonchev–Trinajstić information content (AvgIpc) is 3.29. The molecule has 1 aromatic heterocycles. The van der Waals surface area contributed by atoms with Gasteiger partial charge >= 0.3 is 0 Å². The molecule has 0 saturated heterocycles. The second-order valence-electron chi connectivity index (χ2n) is 6.80. The van der Waals surface area contributed by atoms with Crippen molar-refractivity contribution in [2.75, 3.05) is 12.0 Å². The number of nitrogens with one attached hydrogen (secondary N) is 1. The lowest BCUT2D eigenvalue weighted by atomic mass is 10.1. The van der Waals surface area contributed by atoms with Crippen LogP contribution in [0.2, 0.25) is 0 Å². The summed E-state index contributed by atoms with van der Waals surface area (Å²) in [5.74, 6) is -0.520. The molecule has 1 atom stereocenters. The van der Waals surface area contributed by atoms with Gasteiger partial charge in [0.15, 0.2) is 5.82 Å². The number of amides is 2. The van der Waals surface area contributed by atoms with E-state index in [9.17, 15) is 20.0 Å². The number of imidazole rings is 1. The highest BCUT2D eigenvalue weighted by Crippen LogP contribution is 2.31. The Morgan fingerprint density at radius 1 is 1.17 bits per heavy atom. The summed E-state index contributed by atoms with van der Waals surface area (Å²) in [5, 5.41) is 20.9. The summed E-state index contributed by atoms with van der Waals surface area (Å²) < 4.78 is 0. The number of thioether (sulfide) groups is 1. The van der Waals surface area contributed by atoms with E-state index in [1.165, 1.54) is 11.8 Å². The molecular formula is C22H18N4O3S. The van der Waals surface area contributed by atoms with E-state index in [1.54, 1.807) is 30.3 Å². The van der Waals surface area contributed by atoms with Crippen molar-refractivity contribution < 1.29 is 14.7 Å². The minimum atomic E-state index is -0.965. The lowest BCUT2D eigenvalue weighted by molar-refractivity contribution is 0.0573. The Bertz CT molecular complexity index is 1160. The Balaban J connectivity index is 1.80. The number of aliphatic hydroxyl groups excluding tert-OH is 1. The second kappa shape index (κ2) is 8.05. The molecular weight excluding hydrogens is 400 g/mol. The fraction of sp³-hybridized carbons (Fsp3) is 0.182. The molecule has 2 heterocycles. The Morgan fingerprint density at radius 3 is 2.40 bits per heavy atom. The summed E-state index contributed by atoms with van der Waals surface area (Å²) in [7, 11) is 0. The minimum Gasteiger partial charge on any atom is -0.509 e. The number of aliphatic hydroxyl groups is 1. The lowest BCUT2D eigenvalue weighted by Gasteiger charge is -2.26. The van der Waals surface area contributed by atoms with Crippen molar-refractivity contribution in [1.29, 1.82) is 5.26 Å². The number of aromatic amines is 1.